The lowest BCUT2D eigenvalue weighted by Gasteiger charge is -2.09. The van der Waals surface area contributed by atoms with Crippen molar-refractivity contribution in [1.82, 2.24) is 10.3 Å². The van der Waals surface area contributed by atoms with Crippen molar-refractivity contribution < 1.29 is 9.47 Å². The van der Waals surface area contributed by atoms with Gasteiger partial charge in [-0.2, -0.15) is 0 Å². The zero-order valence-electron chi connectivity index (χ0n) is 11.2. The number of aromatic nitrogens is 1. The SMILES string of the molecule is CNCc1cnc(OCCOCC(C)C)c(Cl)c1. The summed E-state index contributed by atoms with van der Waals surface area (Å²) in [5.41, 5.74) is 1.03. The van der Waals surface area contributed by atoms with E-state index in [-0.39, 0.29) is 0 Å². The van der Waals surface area contributed by atoms with Crippen molar-refractivity contribution in [2.24, 2.45) is 5.92 Å². The monoisotopic (exact) mass is 272 g/mol. The Morgan fingerprint density at radius 3 is 2.78 bits per heavy atom. The van der Waals surface area contributed by atoms with Gasteiger partial charge in [0, 0.05) is 19.3 Å². The standard InChI is InChI=1S/C13H21ClN2O2/c1-10(2)9-17-4-5-18-13-12(14)6-11(7-15-3)8-16-13/h6,8,10,15H,4-5,7,9H2,1-3H3. The second-order valence-electron chi connectivity index (χ2n) is 4.48. The molecule has 0 amide bonds. The fourth-order valence-corrected chi connectivity index (χ4v) is 1.63. The van der Waals surface area contributed by atoms with Crippen molar-refractivity contribution >= 4 is 11.6 Å². The summed E-state index contributed by atoms with van der Waals surface area (Å²) < 4.78 is 10.9. The van der Waals surface area contributed by atoms with Crippen LogP contribution in [0.15, 0.2) is 12.3 Å². The van der Waals surface area contributed by atoms with Gasteiger partial charge in [-0.05, 0) is 24.6 Å². The van der Waals surface area contributed by atoms with Gasteiger partial charge in [0.15, 0.2) is 0 Å². The molecule has 0 fully saturated rings. The molecule has 1 aromatic heterocycles. The third kappa shape index (κ3) is 5.67. The Hall–Kier alpha value is -0.840. The molecule has 0 aliphatic carbocycles. The minimum Gasteiger partial charge on any atom is -0.474 e. The molecule has 0 radical (unpaired) electrons. The summed E-state index contributed by atoms with van der Waals surface area (Å²) in [4.78, 5) is 4.18. The van der Waals surface area contributed by atoms with Gasteiger partial charge in [0.2, 0.25) is 5.88 Å². The molecule has 0 aromatic carbocycles. The highest BCUT2D eigenvalue weighted by molar-refractivity contribution is 6.31. The molecule has 0 aliphatic rings. The van der Waals surface area contributed by atoms with E-state index in [0.29, 0.717) is 30.0 Å². The third-order valence-corrected chi connectivity index (χ3v) is 2.43. The molecule has 18 heavy (non-hydrogen) atoms. The summed E-state index contributed by atoms with van der Waals surface area (Å²) >= 11 is 6.07. The molecule has 0 unspecified atom stereocenters. The maximum atomic E-state index is 6.07. The van der Waals surface area contributed by atoms with Crippen LogP contribution in [0.25, 0.3) is 0 Å². The smallest absolute Gasteiger partial charge is 0.232 e. The van der Waals surface area contributed by atoms with Crippen LogP contribution >= 0.6 is 11.6 Å². The maximum Gasteiger partial charge on any atom is 0.232 e. The zero-order chi connectivity index (χ0) is 13.4. The number of halogens is 1. The molecular weight excluding hydrogens is 252 g/mol. The van der Waals surface area contributed by atoms with E-state index in [2.05, 4.69) is 24.1 Å². The molecule has 0 saturated carbocycles. The van der Waals surface area contributed by atoms with Gasteiger partial charge in [0.1, 0.15) is 11.6 Å². The van der Waals surface area contributed by atoms with Gasteiger partial charge < -0.3 is 14.8 Å². The largest absolute Gasteiger partial charge is 0.474 e. The molecule has 5 heteroatoms. The molecule has 102 valence electrons. The number of hydrogen-bond donors (Lipinski definition) is 1. The van der Waals surface area contributed by atoms with Crippen molar-refractivity contribution in [3.05, 3.63) is 22.8 Å². The number of ether oxygens (including phenoxy) is 2. The van der Waals surface area contributed by atoms with Crippen LogP contribution in [0.4, 0.5) is 0 Å². The third-order valence-electron chi connectivity index (χ3n) is 2.16. The summed E-state index contributed by atoms with van der Waals surface area (Å²) in [5.74, 6) is 0.997. The molecule has 1 aromatic rings. The molecule has 0 atom stereocenters. The van der Waals surface area contributed by atoms with Gasteiger partial charge in [0.25, 0.3) is 0 Å². The number of pyridine rings is 1. The molecule has 0 saturated heterocycles. The van der Waals surface area contributed by atoms with Crippen molar-refractivity contribution in [1.29, 1.82) is 0 Å². The van der Waals surface area contributed by atoms with Crippen LogP contribution in [0.1, 0.15) is 19.4 Å². The summed E-state index contributed by atoms with van der Waals surface area (Å²) in [7, 11) is 1.88. The molecule has 0 bridgehead atoms. The Kier molecular flexibility index (Phi) is 7.01. The predicted molar refractivity (Wildman–Crippen MR) is 73.2 cm³/mol. The minimum absolute atomic E-state index is 0.463. The lowest BCUT2D eigenvalue weighted by atomic mass is 10.2. The second kappa shape index (κ2) is 8.29. The average Bonchev–Trinajstić information content (AvgIpc) is 2.31. The molecule has 0 spiro atoms. The van der Waals surface area contributed by atoms with Gasteiger partial charge in [-0.3, -0.25) is 0 Å². The van der Waals surface area contributed by atoms with E-state index in [0.717, 1.165) is 18.7 Å². The zero-order valence-corrected chi connectivity index (χ0v) is 12.0. The van der Waals surface area contributed by atoms with E-state index in [1.807, 2.05) is 13.1 Å². The Morgan fingerprint density at radius 2 is 2.17 bits per heavy atom. The van der Waals surface area contributed by atoms with E-state index in [1.165, 1.54) is 0 Å². The van der Waals surface area contributed by atoms with E-state index in [4.69, 9.17) is 21.1 Å². The van der Waals surface area contributed by atoms with Gasteiger partial charge in [-0.25, -0.2) is 4.98 Å². The quantitative estimate of drug-likeness (QED) is 0.739. The van der Waals surface area contributed by atoms with Gasteiger partial charge in [-0.15, -0.1) is 0 Å². The summed E-state index contributed by atoms with van der Waals surface area (Å²) in [5, 5.41) is 3.58. The van der Waals surface area contributed by atoms with Crippen LogP contribution < -0.4 is 10.1 Å². The lowest BCUT2D eigenvalue weighted by molar-refractivity contribution is 0.0806. The Balaban J connectivity index is 2.34. The Labute approximate surface area is 114 Å². The van der Waals surface area contributed by atoms with Crippen molar-refractivity contribution in [2.45, 2.75) is 20.4 Å². The summed E-state index contributed by atoms with van der Waals surface area (Å²) in [6.45, 7) is 6.72. The first-order chi connectivity index (χ1) is 8.63. The fraction of sp³-hybridized carbons (Fsp3) is 0.615. The number of rotatable bonds is 8. The van der Waals surface area contributed by atoms with Crippen molar-refractivity contribution in [3.8, 4) is 5.88 Å². The minimum atomic E-state index is 0.463. The summed E-state index contributed by atoms with van der Waals surface area (Å²) in [6.07, 6.45) is 1.76. The molecule has 1 heterocycles. The fourth-order valence-electron chi connectivity index (χ4n) is 1.39. The van der Waals surface area contributed by atoms with Gasteiger partial charge in [0.05, 0.1) is 6.61 Å². The first-order valence-electron chi connectivity index (χ1n) is 6.13. The topological polar surface area (TPSA) is 43.4 Å². The first kappa shape index (κ1) is 15.2. The predicted octanol–water partition coefficient (Wildman–Crippen LogP) is 2.51. The van der Waals surface area contributed by atoms with Crippen LogP contribution in [0, 0.1) is 5.92 Å². The van der Waals surface area contributed by atoms with Crippen LogP contribution in [0.5, 0.6) is 5.88 Å². The van der Waals surface area contributed by atoms with Crippen LogP contribution in [-0.2, 0) is 11.3 Å². The van der Waals surface area contributed by atoms with Crippen LogP contribution in [0.2, 0.25) is 5.02 Å². The van der Waals surface area contributed by atoms with E-state index in [9.17, 15) is 0 Å². The van der Waals surface area contributed by atoms with Crippen LogP contribution in [0.3, 0.4) is 0 Å². The van der Waals surface area contributed by atoms with Gasteiger partial charge in [-0.1, -0.05) is 25.4 Å². The normalized spacial score (nSPS) is 10.9. The van der Waals surface area contributed by atoms with Crippen molar-refractivity contribution in [2.75, 3.05) is 26.9 Å². The maximum absolute atomic E-state index is 6.07. The second-order valence-corrected chi connectivity index (χ2v) is 4.89. The van der Waals surface area contributed by atoms with Gasteiger partial charge >= 0.3 is 0 Å². The Morgan fingerprint density at radius 1 is 1.39 bits per heavy atom. The van der Waals surface area contributed by atoms with Crippen LogP contribution in [-0.4, -0.2) is 31.9 Å². The number of nitrogens with one attached hydrogen (secondary N) is 1. The highest BCUT2D eigenvalue weighted by Crippen LogP contribution is 2.22. The van der Waals surface area contributed by atoms with E-state index >= 15 is 0 Å². The van der Waals surface area contributed by atoms with Crippen molar-refractivity contribution in [3.63, 3.8) is 0 Å². The highest BCUT2D eigenvalue weighted by Gasteiger charge is 2.04. The first-order valence-corrected chi connectivity index (χ1v) is 6.50. The molecule has 4 nitrogen and oxygen atoms in total. The molecule has 0 aliphatic heterocycles. The Bertz CT molecular complexity index is 359. The molecular formula is C13H21ClN2O2. The molecule has 1 rings (SSSR count). The van der Waals surface area contributed by atoms with E-state index < -0.39 is 0 Å². The highest BCUT2D eigenvalue weighted by atomic mass is 35.5. The average molecular weight is 273 g/mol. The van der Waals surface area contributed by atoms with E-state index in [1.54, 1.807) is 6.20 Å². The number of hydrogen-bond acceptors (Lipinski definition) is 4. The summed E-state index contributed by atoms with van der Waals surface area (Å²) in [6, 6.07) is 1.86. The lowest BCUT2D eigenvalue weighted by Crippen LogP contribution is -2.11. The molecule has 1 N–H and O–H groups in total. The number of nitrogens with zero attached hydrogens (tertiary/aromatic N) is 1.